The third-order valence-corrected chi connectivity index (χ3v) is 10.4. The summed E-state index contributed by atoms with van der Waals surface area (Å²) in [6, 6.07) is 37.9. The lowest BCUT2D eigenvalue weighted by molar-refractivity contribution is 0.102. The van der Waals surface area contributed by atoms with Gasteiger partial charge in [0.05, 0.1) is 11.4 Å². The van der Waals surface area contributed by atoms with E-state index in [1.807, 2.05) is 129 Å². The summed E-state index contributed by atoms with van der Waals surface area (Å²) >= 11 is 5.59. The summed E-state index contributed by atoms with van der Waals surface area (Å²) in [5.74, 6) is 0.638. The number of rotatable bonds is 10. The summed E-state index contributed by atoms with van der Waals surface area (Å²) in [5, 5.41) is 14.6. The Hall–Kier alpha value is -9.02. The van der Waals surface area contributed by atoms with Gasteiger partial charge in [-0.1, -0.05) is 39.2 Å². The highest BCUT2D eigenvalue weighted by Crippen LogP contribution is 2.27. The molecule has 10 rings (SSSR count). The number of fused-ring (bicyclic) bond motifs is 2. The molecule has 0 aliphatic rings. The Morgan fingerprint density at radius 3 is 1.49 bits per heavy atom. The van der Waals surface area contributed by atoms with Crippen molar-refractivity contribution in [1.29, 1.82) is 0 Å². The molecule has 0 atom stereocenters. The van der Waals surface area contributed by atoms with Gasteiger partial charge in [-0.15, -0.1) is 0 Å². The topological polar surface area (TPSA) is 194 Å². The molecule has 0 saturated heterocycles. The van der Waals surface area contributed by atoms with Gasteiger partial charge in [0, 0.05) is 94.2 Å². The van der Waals surface area contributed by atoms with Gasteiger partial charge >= 0.3 is 0 Å². The molecule has 2 aromatic carbocycles. The van der Waals surface area contributed by atoms with Crippen LogP contribution in [0, 0.1) is 13.8 Å². The molecular weight excluding hydrogens is 869 g/mol. The minimum atomic E-state index is -0.313. The van der Waals surface area contributed by atoms with Crippen LogP contribution in [0.15, 0.2) is 171 Å². The molecule has 0 bridgehead atoms. The highest BCUT2D eigenvalue weighted by atomic mass is 32.1. The fourth-order valence-corrected chi connectivity index (χ4v) is 6.88. The van der Waals surface area contributed by atoms with E-state index in [2.05, 4.69) is 71.1 Å². The SMILES string of the molecule is C.C.Cc1ccc(NC(=O)c2ccc3cccnc3n2)cc1Nc1nccc(-c2cccnc2)n1.Cc1ccc(NC(=S)c2ccc3cccnc3n2)cc1Nc1nccc(-c2cccnc2)n1. The van der Waals surface area contributed by atoms with E-state index in [1.165, 1.54) is 0 Å². The van der Waals surface area contributed by atoms with E-state index in [1.54, 1.807) is 55.6 Å². The molecule has 16 heteroatoms. The highest BCUT2D eigenvalue weighted by molar-refractivity contribution is 7.81. The number of amides is 1. The number of hydrogen-bond donors (Lipinski definition) is 4. The lowest BCUT2D eigenvalue weighted by atomic mass is 10.1. The molecule has 0 unspecified atom stereocenters. The van der Waals surface area contributed by atoms with Gasteiger partial charge in [0.2, 0.25) is 11.9 Å². The first-order chi connectivity index (χ1) is 32.3. The number of aromatic nitrogens is 10. The van der Waals surface area contributed by atoms with Crippen LogP contribution >= 0.6 is 12.2 Å². The summed E-state index contributed by atoms with van der Waals surface area (Å²) in [6.07, 6.45) is 13.8. The maximum absolute atomic E-state index is 12.8. The van der Waals surface area contributed by atoms with Gasteiger partial charge in [-0.25, -0.2) is 39.9 Å². The van der Waals surface area contributed by atoms with E-state index in [9.17, 15) is 4.79 Å². The lowest BCUT2D eigenvalue weighted by Gasteiger charge is -2.13. The molecule has 0 saturated carbocycles. The molecule has 0 aliphatic heterocycles. The minimum Gasteiger partial charge on any atom is -0.345 e. The number of nitrogens with zero attached hydrogens (tertiary/aromatic N) is 10. The second kappa shape index (κ2) is 21.8. The molecule has 1 amide bonds. The van der Waals surface area contributed by atoms with Crippen molar-refractivity contribution in [3.05, 3.63) is 193 Å². The summed E-state index contributed by atoms with van der Waals surface area (Å²) in [4.78, 5) is 56.9. The second-order valence-electron chi connectivity index (χ2n) is 14.7. The third-order valence-electron chi connectivity index (χ3n) is 10.1. The predicted octanol–water partition coefficient (Wildman–Crippen LogP) is 11.4. The van der Waals surface area contributed by atoms with Gasteiger partial charge in [-0.05, 0) is 134 Å². The maximum atomic E-state index is 12.8. The predicted molar refractivity (Wildman–Crippen MR) is 275 cm³/mol. The second-order valence-corrected chi connectivity index (χ2v) is 15.1. The van der Waals surface area contributed by atoms with Crippen molar-refractivity contribution >= 4 is 79.8 Å². The van der Waals surface area contributed by atoms with Gasteiger partial charge < -0.3 is 21.3 Å². The van der Waals surface area contributed by atoms with Crippen molar-refractivity contribution in [2.45, 2.75) is 28.7 Å². The first-order valence-electron chi connectivity index (χ1n) is 20.6. The van der Waals surface area contributed by atoms with E-state index in [-0.39, 0.29) is 20.8 Å². The smallest absolute Gasteiger partial charge is 0.274 e. The van der Waals surface area contributed by atoms with Crippen LogP contribution in [0.2, 0.25) is 0 Å². The molecule has 68 heavy (non-hydrogen) atoms. The lowest BCUT2D eigenvalue weighted by Crippen LogP contribution is -2.14. The van der Waals surface area contributed by atoms with Crippen LogP contribution in [0.1, 0.15) is 42.2 Å². The van der Waals surface area contributed by atoms with Crippen molar-refractivity contribution in [2.24, 2.45) is 0 Å². The quantitative estimate of drug-likeness (QED) is 0.0946. The first kappa shape index (κ1) is 47.0. The van der Waals surface area contributed by atoms with Gasteiger partial charge in [-0.3, -0.25) is 14.8 Å². The molecule has 8 aromatic heterocycles. The first-order valence-corrected chi connectivity index (χ1v) is 21.0. The van der Waals surface area contributed by atoms with Gasteiger partial charge in [0.1, 0.15) is 16.4 Å². The normalized spacial score (nSPS) is 10.4. The Labute approximate surface area is 398 Å². The molecule has 4 N–H and O–H groups in total. The van der Waals surface area contributed by atoms with Crippen molar-refractivity contribution in [1.82, 2.24) is 49.8 Å². The van der Waals surface area contributed by atoms with E-state index in [4.69, 9.17) is 12.2 Å². The van der Waals surface area contributed by atoms with Crippen LogP contribution in [-0.4, -0.2) is 60.7 Å². The molecule has 8 heterocycles. The van der Waals surface area contributed by atoms with Crippen LogP contribution in [0.5, 0.6) is 0 Å². The van der Waals surface area contributed by atoms with Crippen LogP contribution in [0.25, 0.3) is 44.6 Å². The Morgan fingerprint density at radius 1 is 0.485 bits per heavy atom. The number of thiocarbonyl (C=S) groups is 1. The number of pyridine rings is 6. The fraction of sp³-hybridized carbons (Fsp3) is 0.0769. The number of nitrogens with one attached hydrogen (secondary N) is 4. The number of carbonyl (C=O) groups excluding carboxylic acids is 1. The third kappa shape index (κ3) is 11.4. The zero-order chi connectivity index (χ0) is 45.2. The highest BCUT2D eigenvalue weighted by Gasteiger charge is 2.13. The largest absolute Gasteiger partial charge is 0.345 e. The minimum absolute atomic E-state index is 0. The molecule has 10 aromatic rings. The molecule has 0 aliphatic carbocycles. The van der Waals surface area contributed by atoms with Crippen molar-refractivity contribution in [2.75, 3.05) is 21.3 Å². The molecular formula is C52H46N14OS. The number of carbonyl (C=O) groups is 1. The van der Waals surface area contributed by atoms with E-state index in [0.29, 0.717) is 45.3 Å². The van der Waals surface area contributed by atoms with Crippen LogP contribution in [0.3, 0.4) is 0 Å². The van der Waals surface area contributed by atoms with Crippen LogP contribution in [0.4, 0.5) is 34.6 Å². The van der Waals surface area contributed by atoms with Crippen molar-refractivity contribution in [3.63, 3.8) is 0 Å². The van der Waals surface area contributed by atoms with Crippen LogP contribution < -0.4 is 21.3 Å². The zero-order valence-electron chi connectivity index (χ0n) is 35.5. The van der Waals surface area contributed by atoms with Gasteiger partial charge in [0.15, 0.2) is 11.3 Å². The maximum Gasteiger partial charge on any atom is 0.274 e. The number of aryl methyl sites for hydroxylation is 2. The van der Waals surface area contributed by atoms with Gasteiger partial charge in [0.25, 0.3) is 5.91 Å². The number of anilines is 6. The number of hydrogen-bond acceptors (Lipinski definition) is 14. The molecule has 0 radical (unpaired) electrons. The van der Waals surface area contributed by atoms with Crippen molar-refractivity contribution in [3.8, 4) is 22.5 Å². The van der Waals surface area contributed by atoms with Crippen molar-refractivity contribution < 1.29 is 4.79 Å². The standard InChI is InChI=1S/C25H19N7O.C25H19N7S.2CH4/c2*1-16-6-8-19(29-24(33)21-9-7-17-4-3-12-27-23(17)30-21)14-22(16)32-25-28-13-10-20(31-25)18-5-2-11-26-15-18;;/h2*2-15H,1H3,(H,29,33)(H,28,31,32);2*1H4. The summed E-state index contributed by atoms with van der Waals surface area (Å²) in [7, 11) is 0. The summed E-state index contributed by atoms with van der Waals surface area (Å²) in [5.41, 5.74) is 10.7. The average molecular weight is 915 g/mol. The van der Waals surface area contributed by atoms with Gasteiger partial charge in [-0.2, -0.15) is 0 Å². The monoisotopic (exact) mass is 914 g/mol. The van der Waals surface area contributed by atoms with Crippen LogP contribution in [-0.2, 0) is 0 Å². The Balaban J connectivity index is 0.000000196. The molecule has 336 valence electrons. The van der Waals surface area contributed by atoms with E-state index < -0.39 is 0 Å². The Morgan fingerprint density at radius 2 is 0.971 bits per heavy atom. The summed E-state index contributed by atoms with van der Waals surface area (Å²) in [6.45, 7) is 3.99. The summed E-state index contributed by atoms with van der Waals surface area (Å²) < 4.78 is 0. The Kier molecular flexibility index (Phi) is 15.0. The van der Waals surface area contributed by atoms with E-state index in [0.717, 1.165) is 61.5 Å². The fourth-order valence-electron chi connectivity index (χ4n) is 6.65. The number of benzene rings is 2. The Bertz CT molecular complexity index is 3130. The zero-order valence-corrected chi connectivity index (χ0v) is 36.3. The molecule has 15 nitrogen and oxygen atoms in total. The molecule has 0 fully saturated rings. The average Bonchev–Trinajstić information content (AvgIpc) is 3.36. The van der Waals surface area contributed by atoms with E-state index >= 15 is 0 Å². The molecule has 0 spiro atoms.